The van der Waals surface area contributed by atoms with Crippen LogP contribution >= 0.6 is 0 Å². The second-order valence-electron chi connectivity index (χ2n) is 4.80. The fraction of sp³-hybridized carbons (Fsp3) is 0.533. The molecule has 1 amide bonds. The van der Waals surface area contributed by atoms with Crippen molar-refractivity contribution >= 4 is 5.91 Å². The van der Waals surface area contributed by atoms with Crippen LogP contribution in [0.4, 0.5) is 0 Å². The zero-order chi connectivity index (χ0) is 12.8. The van der Waals surface area contributed by atoms with E-state index in [1.807, 2.05) is 23.1 Å². The summed E-state index contributed by atoms with van der Waals surface area (Å²) in [6, 6.07) is 10.2. The van der Waals surface area contributed by atoms with Crippen molar-refractivity contribution in [2.75, 3.05) is 20.2 Å². The highest BCUT2D eigenvalue weighted by Crippen LogP contribution is 2.14. The molecule has 3 heteroatoms. The molecule has 98 valence electrons. The number of aryl methyl sites for hydroxylation is 1. The summed E-state index contributed by atoms with van der Waals surface area (Å²) in [5, 5.41) is 0. The molecule has 1 aliphatic heterocycles. The number of piperidine rings is 1. The maximum absolute atomic E-state index is 12.1. The highest BCUT2D eigenvalue weighted by atomic mass is 16.5. The lowest BCUT2D eigenvalue weighted by atomic mass is 10.1. The van der Waals surface area contributed by atoms with Gasteiger partial charge in [0.15, 0.2) is 0 Å². The van der Waals surface area contributed by atoms with Crippen molar-refractivity contribution in [1.29, 1.82) is 0 Å². The monoisotopic (exact) mass is 247 g/mol. The summed E-state index contributed by atoms with van der Waals surface area (Å²) in [4.78, 5) is 14.0. The molecule has 1 saturated heterocycles. The van der Waals surface area contributed by atoms with Crippen LogP contribution in [0.25, 0.3) is 0 Å². The van der Waals surface area contributed by atoms with Crippen LogP contribution in [0.2, 0.25) is 0 Å². The molecule has 1 aromatic rings. The first-order chi connectivity index (χ1) is 8.79. The van der Waals surface area contributed by atoms with E-state index in [2.05, 4.69) is 12.1 Å². The van der Waals surface area contributed by atoms with Gasteiger partial charge in [0, 0.05) is 26.6 Å². The van der Waals surface area contributed by atoms with Gasteiger partial charge in [0.1, 0.15) is 0 Å². The van der Waals surface area contributed by atoms with E-state index < -0.39 is 0 Å². The average molecular weight is 247 g/mol. The highest BCUT2D eigenvalue weighted by molar-refractivity contribution is 5.76. The molecule has 3 nitrogen and oxygen atoms in total. The number of amides is 1. The molecule has 0 N–H and O–H groups in total. The molecule has 1 aliphatic rings. The van der Waals surface area contributed by atoms with Gasteiger partial charge in [-0.1, -0.05) is 30.3 Å². The molecule has 0 saturated carbocycles. The minimum absolute atomic E-state index is 0.272. The van der Waals surface area contributed by atoms with Crippen molar-refractivity contribution < 1.29 is 9.53 Å². The van der Waals surface area contributed by atoms with Crippen LogP contribution in [-0.4, -0.2) is 37.1 Å². The number of hydrogen-bond acceptors (Lipinski definition) is 2. The molecule has 0 radical (unpaired) electrons. The third-order valence-corrected chi connectivity index (χ3v) is 3.60. The number of benzene rings is 1. The fourth-order valence-corrected chi connectivity index (χ4v) is 2.39. The van der Waals surface area contributed by atoms with Crippen molar-refractivity contribution in [2.45, 2.75) is 31.8 Å². The standard InChI is InChI=1S/C15H21NO2/c1-18-14-9-11-16(12-10-14)15(17)8-7-13-5-3-2-4-6-13/h2-6,14H,7-12H2,1H3. The number of rotatable bonds is 4. The number of carbonyl (C=O) groups is 1. The van der Waals surface area contributed by atoms with E-state index in [1.54, 1.807) is 7.11 Å². The lowest BCUT2D eigenvalue weighted by molar-refractivity contribution is -0.133. The summed E-state index contributed by atoms with van der Waals surface area (Å²) in [5.41, 5.74) is 1.23. The molecular weight excluding hydrogens is 226 g/mol. The van der Waals surface area contributed by atoms with E-state index in [1.165, 1.54) is 5.56 Å². The van der Waals surface area contributed by atoms with E-state index >= 15 is 0 Å². The van der Waals surface area contributed by atoms with Crippen LogP contribution in [-0.2, 0) is 16.0 Å². The van der Waals surface area contributed by atoms with Gasteiger partial charge in [-0.15, -0.1) is 0 Å². The van der Waals surface area contributed by atoms with Gasteiger partial charge in [-0.3, -0.25) is 4.79 Å². The van der Waals surface area contributed by atoms with Crippen molar-refractivity contribution in [1.82, 2.24) is 4.90 Å². The van der Waals surface area contributed by atoms with Crippen LogP contribution in [0.3, 0.4) is 0 Å². The normalized spacial score (nSPS) is 16.8. The average Bonchev–Trinajstić information content (AvgIpc) is 2.46. The molecule has 1 heterocycles. The molecule has 0 aliphatic carbocycles. The topological polar surface area (TPSA) is 29.5 Å². The van der Waals surface area contributed by atoms with Crippen molar-refractivity contribution in [3.63, 3.8) is 0 Å². The van der Waals surface area contributed by atoms with Crippen LogP contribution in [0.15, 0.2) is 30.3 Å². The summed E-state index contributed by atoms with van der Waals surface area (Å²) < 4.78 is 5.31. The Morgan fingerprint density at radius 2 is 1.94 bits per heavy atom. The Hall–Kier alpha value is -1.35. The van der Waals surface area contributed by atoms with Gasteiger partial charge in [0.25, 0.3) is 0 Å². The predicted octanol–water partition coefficient (Wildman–Crippen LogP) is 2.26. The summed E-state index contributed by atoms with van der Waals surface area (Å²) in [6.45, 7) is 1.68. The predicted molar refractivity (Wildman–Crippen MR) is 71.4 cm³/mol. The van der Waals surface area contributed by atoms with Crippen LogP contribution in [0.1, 0.15) is 24.8 Å². The first kappa shape index (κ1) is 13.1. The number of likely N-dealkylation sites (tertiary alicyclic amines) is 1. The molecule has 0 spiro atoms. The van der Waals surface area contributed by atoms with Crippen LogP contribution in [0.5, 0.6) is 0 Å². The Bertz CT molecular complexity index is 369. The second kappa shape index (κ2) is 6.55. The van der Waals surface area contributed by atoms with Gasteiger partial charge < -0.3 is 9.64 Å². The molecule has 0 aromatic heterocycles. The largest absolute Gasteiger partial charge is 0.381 e. The van der Waals surface area contributed by atoms with Gasteiger partial charge in [-0.25, -0.2) is 0 Å². The Morgan fingerprint density at radius 3 is 2.56 bits per heavy atom. The van der Waals surface area contributed by atoms with Gasteiger partial charge in [-0.2, -0.15) is 0 Å². The lowest BCUT2D eigenvalue weighted by Gasteiger charge is -2.31. The fourth-order valence-electron chi connectivity index (χ4n) is 2.39. The third kappa shape index (κ3) is 3.57. The first-order valence-electron chi connectivity index (χ1n) is 6.64. The lowest BCUT2D eigenvalue weighted by Crippen LogP contribution is -2.40. The number of methoxy groups -OCH3 is 1. The Balaban J connectivity index is 1.75. The SMILES string of the molecule is COC1CCN(C(=O)CCc2ccccc2)CC1. The summed E-state index contributed by atoms with van der Waals surface area (Å²) in [6.07, 6.45) is 3.72. The van der Waals surface area contributed by atoms with Gasteiger partial charge in [0.05, 0.1) is 6.10 Å². The Morgan fingerprint density at radius 1 is 1.28 bits per heavy atom. The summed E-state index contributed by atoms with van der Waals surface area (Å²) >= 11 is 0. The number of ether oxygens (including phenoxy) is 1. The maximum Gasteiger partial charge on any atom is 0.222 e. The molecule has 0 bridgehead atoms. The van der Waals surface area contributed by atoms with Gasteiger partial charge in [0.2, 0.25) is 5.91 Å². The van der Waals surface area contributed by atoms with E-state index in [0.29, 0.717) is 12.5 Å². The molecule has 0 atom stereocenters. The molecule has 1 fully saturated rings. The van der Waals surface area contributed by atoms with Crippen molar-refractivity contribution in [3.05, 3.63) is 35.9 Å². The first-order valence-corrected chi connectivity index (χ1v) is 6.64. The van der Waals surface area contributed by atoms with E-state index in [9.17, 15) is 4.79 Å². The van der Waals surface area contributed by atoms with Gasteiger partial charge >= 0.3 is 0 Å². The van der Waals surface area contributed by atoms with Gasteiger partial charge in [-0.05, 0) is 24.8 Å². The molecular formula is C15H21NO2. The zero-order valence-corrected chi connectivity index (χ0v) is 11.0. The smallest absolute Gasteiger partial charge is 0.222 e. The van der Waals surface area contributed by atoms with Crippen molar-refractivity contribution in [3.8, 4) is 0 Å². The summed E-state index contributed by atoms with van der Waals surface area (Å²) in [5.74, 6) is 0.272. The van der Waals surface area contributed by atoms with Crippen molar-refractivity contribution in [2.24, 2.45) is 0 Å². The Kier molecular flexibility index (Phi) is 4.76. The van der Waals surface area contributed by atoms with E-state index in [4.69, 9.17) is 4.74 Å². The Labute approximate surface area is 109 Å². The molecule has 1 aromatic carbocycles. The van der Waals surface area contributed by atoms with Crippen LogP contribution in [0, 0.1) is 0 Å². The minimum Gasteiger partial charge on any atom is -0.381 e. The molecule has 18 heavy (non-hydrogen) atoms. The number of hydrogen-bond donors (Lipinski definition) is 0. The zero-order valence-electron chi connectivity index (χ0n) is 11.0. The highest BCUT2D eigenvalue weighted by Gasteiger charge is 2.21. The summed E-state index contributed by atoms with van der Waals surface area (Å²) in [7, 11) is 1.75. The molecule has 0 unspecified atom stereocenters. The van der Waals surface area contributed by atoms with E-state index in [-0.39, 0.29) is 5.91 Å². The minimum atomic E-state index is 0.272. The number of nitrogens with zero attached hydrogens (tertiary/aromatic N) is 1. The maximum atomic E-state index is 12.1. The molecule has 2 rings (SSSR count). The van der Waals surface area contributed by atoms with Crippen LogP contribution < -0.4 is 0 Å². The second-order valence-corrected chi connectivity index (χ2v) is 4.80. The third-order valence-electron chi connectivity index (χ3n) is 3.60. The quantitative estimate of drug-likeness (QED) is 0.816. The number of carbonyl (C=O) groups excluding carboxylic acids is 1. The van der Waals surface area contributed by atoms with E-state index in [0.717, 1.165) is 32.4 Å².